The van der Waals surface area contributed by atoms with E-state index in [1.807, 2.05) is 18.2 Å². The molecule has 1 aliphatic rings. The first-order chi connectivity index (χ1) is 14.3. The number of halogens is 4. The molecule has 1 amide bonds. The van der Waals surface area contributed by atoms with E-state index in [-0.39, 0.29) is 21.6 Å². The smallest absolute Gasteiger partial charge is 0.416 e. The lowest BCUT2D eigenvalue weighted by Gasteiger charge is -2.09. The van der Waals surface area contributed by atoms with E-state index in [4.69, 9.17) is 16.0 Å². The molecular formula is C21H12ClF3N2O2S. The van der Waals surface area contributed by atoms with Gasteiger partial charge in [-0.1, -0.05) is 29.8 Å². The van der Waals surface area contributed by atoms with Crippen molar-refractivity contribution in [2.75, 3.05) is 0 Å². The van der Waals surface area contributed by atoms with Gasteiger partial charge < -0.3 is 9.73 Å². The number of hydrogen-bond donors (Lipinski definition) is 1. The van der Waals surface area contributed by atoms with Gasteiger partial charge in [-0.25, -0.2) is 4.99 Å². The highest BCUT2D eigenvalue weighted by molar-refractivity contribution is 8.18. The standard InChI is InChI=1S/C21H12ClF3N2O2S/c22-16-8-6-12(21(23,24)25)10-15(16)17-9-7-14(29-17)11-18-19(27-20(28)30-18)26-13-4-2-1-3-5-13/h1-11H,(H,26,27,28)/b18-11-. The highest BCUT2D eigenvalue weighted by Crippen LogP contribution is 2.37. The first-order valence-electron chi connectivity index (χ1n) is 8.61. The van der Waals surface area contributed by atoms with Crippen LogP contribution in [0.3, 0.4) is 0 Å². The minimum atomic E-state index is -4.49. The van der Waals surface area contributed by atoms with Crippen molar-refractivity contribution in [1.29, 1.82) is 0 Å². The molecule has 3 aromatic rings. The summed E-state index contributed by atoms with van der Waals surface area (Å²) in [5.41, 5.74) is -0.0312. The zero-order valence-corrected chi connectivity index (χ0v) is 16.6. The average molecular weight is 449 g/mol. The number of rotatable bonds is 3. The van der Waals surface area contributed by atoms with E-state index in [1.165, 1.54) is 12.1 Å². The Morgan fingerprint density at radius 2 is 1.83 bits per heavy atom. The maximum atomic E-state index is 13.0. The quantitative estimate of drug-likeness (QED) is 0.463. The summed E-state index contributed by atoms with van der Waals surface area (Å²) in [6.07, 6.45) is -2.90. The van der Waals surface area contributed by atoms with Gasteiger partial charge in [0.25, 0.3) is 5.24 Å². The Balaban J connectivity index is 1.67. The summed E-state index contributed by atoms with van der Waals surface area (Å²) < 4.78 is 44.7. The number of carbonyl (C=O) groups excluding carboxylic acids is 1. The highest BCUT2D eigenvalue weighted by atomic mass is 35.5. The normalized spacial score (nSPS) is 17.0. The van der Waals surface area contributed by atoms with Crippen LogP contribution in [-0.2, 0) is 6.18 Å². The van der Waals surface area contributed by atoms with Gasteiger partial charge in [-0.3, -0.25) is 4.79 Å². The maximum Gasteiger partial charge on any atom is 0.416 e. The summed E-state index contributed by atoms with van der Waals surface area (Å²) >= 11 is 7.02. The number of hydrogen-bond acceptors (Lipinski definition) is 4. The van der Waals surface area contributed by atoms with Crippen molar-refractivity contribution in [2.45, 2.75) is 6.18 Å². The number of nitrogens with zero attached hydrogens (tertiary/aromatic N) is 1. The lowest BCUT2D eigenvalue weighted by Crippen LogP contribution is -2.18. The van der Waals surface area contributed by atoms with Gasteiger partial charge in [0, 0.05) is 5.56 Å². The number of amides is 1. The highest BCUT2D eigenvalue weighted by Gasteiger charge is 2.31. The second-order valence-corrected chi connectivity index (χ2v) is 7.64. The number of alkyl halides is 3. The topological polar surface area (TPSA) is 54.6 Å². The fourth-order valence-electron chi connectivity index (χ4n) is 2.74. The molecule has 2 aromatic carbocycles. The summed E-state index contributed by atoms with van der Waals surface area (Å²) in [5, 5.41) is 2.51. The van der Waals surface area contributed by atoms with Crippen LogP contribution in [0.2, 0.25) is 5.02 Å². The maximum absolute atomic E-state index is 13.0. The Hall–Kier alpha value is -2.97. The second kappa shape index (κ2) is 8.04. The number of para-hydroxylation sites is 1. The lowest BCUT2D eigenvalue weighted by molar-refractivity contribution is -0.137. The van der Waals surface area contributed by atoms with Crippen LogP contribution in [0.4, 0.5) is 23.7 Å². The minimum Gasteiger partial charge on any atom is -0.457 e. The van der Waals surface area contributed by atoms with E-state index < -0.39 is 11.7 Å². The average Bonchev–Trinajstić information content (AvgIpc) is 3.29. The van der Waals surface area contributed by atoms with Crippen molar-refractivity contribution in [3.63, 3.8) is 0 Å². The van der Waals surface area contributed by atoms with Gasteiger partial charge in [0.2, 0.25) is 0 Å². The van der Waals surface area contributed by atoms with Gasteiger partial charge in [0.05, 0.1) is 21.2 Å². The number of thioether (sulfide) groups is 1. The van der Waals surface area contributed by atoms with E-state index >= 15 is 0 Å². The van der Waals surface area contributed by atoms with Crippen LogP contribution in [0, 0.1) is 0 Å². The molecule has 4 rings (SSSR count). The third-order valence-corrected chi connectivity index (χ3v) is 5.26. The largest absolute Gasteiger partial charge is 0.457 e. The van der Waals surface area contributed by atoms with Gasteiger partial charge in [0.1, 0.15) is 17.4 Å². The fourth-order valence-corrected chi connectivity index (χ4v) is 3.67. The van der Waals surface area contributed by atoms with Crippen LogP contribution in [-0.4, -0.2) is 11.1 Å². The molecule has 30 heavy (non-hydrogen) atoms. The second-order valence-electron chi connectivity index (χ2n) is 6.21. The summed E-state index contributed by atoms with van der Waals surface area (Å²) in [5.74, 6) is 0.895. The van der Waals surface area contributed by atoms with Crippen LogP contribution < -0.4 is 5.32 Å². The zero-order chi connectivity index (χ0) is 21.3. The van der Waals surface area contributed by atoms with Crippen molar-refractivity contribution >= 4 is 46.2 Å². The fraction of sp³-hybridized carbons (Fsp3) is 0.0476. The Labute approximate surface area is 178 Å². The molecule has 0 spiro atoms. The first-order valence-corrected chi connectivity index (χ1v) is 9.80. The van der Waals surface area contributed by atoms with Crippen LogP contribution in [0.25, 0.3) is 17.4 Å². The lowest BCUT2D eigenvalue weighted by atomic mass is 10.1. The van der Waals surface area contributed by atoms with E-state index in [0.717, 1.165) is 23.9 Å². The van der Waals surface area contributed by atoms with Crippen molar-refractivity contribution < 1.29 is 22.4 Å². The number of benzene rings is 2. The minimum absolute atomic E-state index is 0.127. The van der Waals surface area contributed by atoms with Gasteiger partial charge in [-0.05, 0) is 60.3 Å². The molecule has 1 saturated heterocycles. The number of nitrogens with one attached hydrogen (secondary N) is 1. The van der Waals surface area contributed by atoms with Crippen LogP contribution in [0.15, 0.2) is 75.0 Å². The van der Waals surface area contributed by atoms with Gasteiger partial charge in [0.15, 0.2) is 0 Å². The molecule has 152 valence electrons. The van der Waals surface area contributed by atoms with E-state index in [1.54, 1.807) is 24.3 Å². The molecule has 0 atom stereocenters. The van der Waals surface area contributed by atoms with Crippen LogP contribution >= 0.6 is 23.4 Å². The van der Waals surface area contributed by atoms with Crippen LogP contribution in [0.1, 0.15) is 11.3 Å². The van der Waals surface area contributed by atoms with Crippen molar-refractivity contribution in [3.05, 3.63) is 81.9 Å². The molecule has 4 nitrogen and oxygen atoms in total. The third kappa shape index (κ3) is 4.44. The van der Waals surface area contributed by atoms with Gasteiger partial charge in [-0.2, -0.15) is 13.2 Å². The molecule has 0 saturated carbocycles. The molecule has 0 bridgehead atoms. The molecule has 2 heterocycles. The predicted octanol–water partition coefficient (Wildman–Crippen LogP) is 7.15. The molecule has 0 aliphatic carbocycles. The molecule has 1 fully saturated rings. The number of amidine groups is 1. The van der Waals surface area contributed by atoms with E-state index in [2.05, 4.69) is 10.3 Å². The third-order valence-electron chi connectivity index (χ3n) is 4.11. The Morgan fingerprint density at radius 1 is 1.07 bits per heavy atom. The Bertz CT molecular complexity index is 1170. The summed E-state index contributed by atoms with van der Waals surface area (Å²) in [6.45, 7) is 0. The Kier molecular flexibility index (Phi) is 5.44. The summed E-state index contributed by atoms with van der Waals surface area (Å²) in [7, 11) is 0. The van der Waals surface area contributed by atoms with E-state index in [9.17, 15) is 18.0 Å². The SMILES string of the molecule is O=C1NC(=Nc2ccccc2)/C(=C/c2ccc(-c3cc(C(F)(F)F)ccc3Cl)o2)S1. The molecule has 1 aliphatic heterocycles. The first kappa shape index (κ1) is 20.3. The summed E-state index contributed by atoms with van der Waals surface area (Å²) in [6, 6.07) is 15.2. The number of carbonyl (C=O) groups is 1. The van der Waals surface area contributed by atoms with E-state index in [0.29, 0.717) is 22.2 Å². The monoisotopic (exact) mass is 448 g/mol. The molecule has 1 aromatic heterocycles. The van der Waals surface area contributed by atoms with Gasteiger partial charge >= 0.3 is 6.18 Å². The Morgan fingerprint density at radius 3 is 2.57 bits per heavy atom. The molecule has 0 radical (unpaired) electrons. The van der Waals surface area contributed by atoms with Crippen LogP contribution in [0.5, 0.6) is 0 Å². The zero-order valence-electron chi connectivity index (χ0n) is 15.0. The van der Waals surface area contributed by atoms with Crippen molar-refractivity contribution in [3.8, 4) is 11.3 Å². The molecule has 0 unspecified atom stereocenters. The molecular weight excluding hydrogens is 437 g/mol. The number of furan rings is 1. The predicted molar refractivity (Wildman–Crippen MR) is 112 cm³/mol. The number of aliphatic imine (C=N–C) groups is 1. The van der Waals surface area contributed by atoms with Crippen molar-refractivity contribution in [2.24, 2.45) is 4.99 Å². The summed E-state index contributed by atoms with van der Waals surface area (Å²) in [4.78, 5) is 16.8. The van der Waals surface area contributed by atoms with Crippen molar-refractivity contribution in [1.82, 2.24) is 5.32 Å². The molecule has 9 heteroatoms. The molecule has 1 N–H and O–H groups in total. The van der Waals surface area contributed by atoms with Gasteiger partial charge in [-0.15, -0.1) is 0 Å².